The molecular formula is C12H13BrN2O2S. The van der Waals surface area contributed by atoms with Gasteiger partial charge >= 0.3 is 0 Å². The van der Waals surface area contributed by atoms with Gasteiger partial charge in [-0.3, -0.25) is 4.90 Å². The van der Waals surface area contributed by atoms with E-state index < -0.39 is 0 Å². The molecule has 1 saturated heterocycles. The van der Waals surface area contributed by atoms with Crippen LogP contribution in [-0.4, -0.2) is 29.6 Å². The summed E-state index contributed by atoms with van der Waals surface area (Å²) in [7, 11) is 0. The molecule has 6 heteroatoms. The summed E-state index contributed by atoms with van der Waals surface area (Å²) in [6.45, 7) is 3.36. The summed E-state index contributed by atoms with van der Waals surface area (Å²) in [6, 6.07) is 3.92. The highest BCUT2D eigenvalue weighted by molar-refractivity contribution is 9.10. The number of hydrogen-bond acceptors (Lipinski definition) is 5. The molecule has 0 saturated carbocycles. The number of nitrogens with zero attached hydrogens (tertiary/aromatic N) is 2. The van der Waals surface area contributed by atoms with Gasteiger partial charge in [0.15, 0.2) is 4.67 Å². The van der Waals surface area contributed by atoms with Gasteiger partial charge in [0.1, 0.15) is 16.9 Å². The highest BCUT2D eigenvalue weighted by Gasteiger charge is 2.24. The van der Waals surface area contributed by atoms with Crippen molar-refractivity contribution in [3.8, 4) is 0 Å². The van der Waals surface area contributed by atoms with Gasteiger partial charge in [0.2, 0.25) is 0 Å². The van der Waals surface area contributed by atoms with Gasteiger partial charge in [-0.15, -0.1) is 11.3 Å². The topological polar surface area (TPSA) is 38.5 Å². The number of thiazole rings is 1. The van der Waals surface area contributed by atoms with Crippen molar-refractivity contribution in [3.05, 3.63) is 39.1 Å². The number of morpholine rings is 1. The van der Waals surface area contributed by atoms with E-state index in [4.69, 9.17) is 9.15 Å². The van der Waals surface area contributed by atoms with Crippen molar-refractivity contribution < 1.29 is 9.15 Å². The van der Waals surface area contributed by atoms with Gasteiger partial charge in [-0.05, 0) is 28.1 Å². The van der Waals surface area contributed by atoms with Crippen LogP contribution in [-0.2, 0) is 11.3 Å². The Morgan fingerprint density at radius 3 is 3.17 bits per heavy atom. The molecule has 0 aliphatic carbocycles. The van der Waals surface area contributed by atoms with Crippen LogP contribution in [0.4, 0.5) is 0 Å². The summed E-state index contributed by atoms with van der Waals surface area (Å²) in [5.74, 6) is 0.974. The van der Waals surface area contributed by atoms with E-state index in [0.717, 1.165) is 41.7 Å². The fourth-order valence-electron chi connectivity index (χ4n) is 2.05. The number of halogens is 1. The Hall–Kier alpha value is -0.690. The number of rotatable bonds is 3. The molecule has 0 amide bonds. The summed E-state index contributed by atoms with van der Waals surface area (Å²) in [6.07, 6.45) is 1.92. The van der Waals surface area contributed by atoms with Crippen molar-refractivity contribution in [1.29, 1.82) is 0 Å². The Labute approximate surface area is 118 Å². The highest BCUT2D eigenvalue weighted by Crippen LogP contribution is 2.25. The third-order valence-corrected chi connectivity index (χ3v) is 4.18. The van der Waals surface area contributed by atoms with Crippen LogP contribution in [0.5, 0.6) is 0 Å². The lowest BCUT2D eigenvalue weighted by Crippen LogP contribution is -2.37. The van der Waals surface area contributed by atoms with Crippen molar-refractivity contribution in [2.75, 3.05) is 19.7 Å². The SMILES string of the molecule is Brc1ccc(CN2CCOC(c3nccs3)C2)o1. The molecule has 0 radical (unpaired) electrons. The Morgan fingerprint density at radius 1 is 1.50 bits per heavy atom. The fraction of sp³-hybridized carbons (Fsp3) is 0.417. The van der Waals surface area contributed by atoms with Crippen LogP contribution in [0.3, 0.4) is 0 Å². The largest absolute Gasteiger partial charge is 0.453 e. The molecule has 96 valence electrons. The normalized spacial score (nSPS) is 21.3. The average molecular weight is 329 g/mol. The zero-order valence-electron chi connectivity index (χ0n) is 9.71. The summed E-state index contributed by atoms with van der Waals surface area (Å²) in [5.41, 5.74) is 0. The first-order chi connectivity index (χ1) is 8.81. The molecule has 1 atom stereocenters. The minimum atomic E-state index is 0.0946. The standard InChI is InChI=1S/C12H13BrN2O2S/c13-11-2-1-9(17-11)7-15-4-5-16-10(8-15)12-14-3-6-18-12/h1-3,6,10H,4-5,7-8H2. The number of hydrogen-bond donors (Lipinski definition) is 0. The smallest absolute Gasteiger partial charge is 0.169 e. The zero-order valence-corrected chi connectivity index (χ0v) is 12.1. The molecule has 2 aromatic rings. The minimum Gasteiger partial charge on any atom is -0.453 e. The van der Waals surface area contributed by atoms with Crippen molar-refractivity contribution in [2.45, 2.75) is 12.6 Å². The number of furan rings is 1. The molecule has 2 aromatic heterocycles. The van der Waals surface area contributed by atoms with Crippen molar-refractivity contribution in [1.82, 2.24) is 9.88 Å². The molecule has 0 bridgehead atoms. The van der Waals surface area contributed by atoms with Gasteiger partial charge in [0.25, 0.3) is 0 Å². The van der Waals surface area contributed by atoms with Gasteiger partial charge < -0.3 is 9.15 Å². The van der Waals surface area contributed by atoms with Crippen LogP contribution >= 0.6 is 27.3 Å². The van der Waals surface area contributed by atoms with Crippen LogP contribution in [0.25, 0.3) is 0 Å². The Morgan fingerprint density at radius 2 is 2.44 bits per heavy atom. The van der Waals surface area contributed by atoms with Crippen LogP contribution in [0.2, 0.25) is 0 Å². The first kappa shape index (κ1) is 12.3. The van der Waals surface area contributed by atoms with Crippen molar-refractivity contribution in [3.63, 3.8) is 0 Å². The molecule has 18 heavy (non-hydrogen) atoms. The van der Waals surface area contributed by atoms with Gasteiger partial charge in [-0.25, -0.2) is 4.98 Å². The monoisotopic (exact) mass is 328 g/mol. The molecule has 0 aromatic carbocycles. The van der Waals surface area contributed by atoms with Crippen LogP contribution in [0, 0.1) is 0 Å². The third-order valence-electron chi connectivity index (χ3n) is 2.89. The van der Waals surface area contributed by atoms with Crippen molar-refractivity contribution >= 4 is 27.3 Å². The Kier molecular flexibility index (Phi) is 3.79. The van der Waals surface area contributed by atoms with E-state index in [9.17, 15) is 0 Å². The Balaban J connectivity index is 1.63. The summed E-state index contributed by atoms with van der Waals surface area (Å²) in [4.78, 5) is 6.66. The van der Waals surface area contributed by atoms with E-state index in [1.807, 2.05) is 23.7 Å². The fourth-order valence-corrected chi connectivity index (χ4v) is 3.06. The molecule has 1 fully saturated rings. The second-order valence-electron chi connectivity index (χ2n) is 4.17. The molecule has 3 heterocycles. The van der Waals surface area contributed by atoms with Crippen LogP contribution < -0.4 is 0 Å². The molecule has 0 N–H and O–H groups in total. The number of aromatic nitrogens is 1. The van der Waals surface area contributed by atoms with Gasteiger partial charge in [0, 0.05) is 24.7 Å². The maximum Gasteiger partial charge on any atom is 0.169 e. The van der Waals surface area contributed by atoms with E-state index in [-0.39, 0.29) is 6.10 Å². The van der Waals surface area contributed by atoms with Gasteiger partial charge in [-0.2, -0.15) is 0 Å². The molecule has 3 rings (SSSR count). The minimum absolute atomic E-state index is 0.0946. The molecule has 1 unspecified atom stereocenters. The van der Waals surface area contributed by atoms with E-state index in [0.29, 0.717) is 0 Å². The first-order valence-corrected chi connectivity index (χ1v) is 7.46. The van der Waals surface area contributed by atoms with Gasteiger partial charge in [-0.1, -0.05) is 0 Å². The summed E-state index contributed by atoms with van der Waals surface area (Å²) >= 11 is 4.97. The average Bonchev–Trinajstić information content (AvgIpc) is 3.01. The molecular weight excluding hydrogens is 316 g/mol. The van der Waals surface area contributed by atoms with Crippen LogP contribution in [0.1, 0.15) is 16.9 Å². The molecule has 1 aliphatic heterocycles. The zero-order chi connectivity index (χ0) is 12.4. The van der Waals surface area contributed by atoms with Gasteiger partial charge in [0.05, 0.1) is 13.2 Å². The van der Waals surface area contributed by atoms with Crippen LogP contribution in [0.15, 0.2) is 32.8 Å². The Bertz CT molecular complexity index is 500. The second-order valence-corrected chi connectivity index (χ2v) is 5.88. The molecule has 1 aliphatic rings. The molecule has 4 nitrogen and oxygen atoms in total. The first-order valence-electron chi connectivity index (χ1n) is 5.79. The lowest BCUT2D eigenvalue weighted by molar-refractivity contribution is -0.0348. The predicted molar refractivity (Wildman–Crippen MR) is 72.5 cm³/mol. The molecule has 0 spiro atoms. The highest BCUT2D eigenvalue weighted by atomic mass is 79.9. The van der Waals surface area contributed by atoms with E-state index >= 15 is 0 Å². The van der Waals surface area contributed by atoms with Crippen molar-refractivity contribution in [2.24, 2.45) is 0 Å². The second kappa shape index (κ2) is 5.52. The quantitative estimate of drug-likeness (QED) is 0.867. The van der Waals surface area contributed by atoms with E-state index in [2.05, 4.69) is 25.8 Å². The maximum atomic E-state index is 5.76. The third kappa shape index (κ3) is 2.83. The van der Waals surface area contributed by atoms with E-state index in [1.165, 1.54) is 0 Å². The summed E-state index contributed by atoms with van der Waals surface area (Å²) in [5, 5.41) is 3.04. The van der Waals surface area contributed by atoms with E-state index in [1.54, 1.807) is 11.3 Å². The predicted octanol–water partition coefficient (Wildman–Crippen LogP) is 3.07. The summed E-state index contributed by atoms with van der Waals surface area (Å²) < 4.78 is 12.1. The lowest BCUT2D eigenvalue weighted by Gasteiger charge is -2.31. The maximum absolute atomic E-state index is 5.76. The number of ether oxygens (including phenoxy) is 1. The lowest BCUT2D eigenvalue weighted by atomic mass is 10.2.